The van der Waals surface area contributed by atoms with Gasteiger partial charge in [0, 0.05) is 33.2 Å². The van der Waals surface area contributed by atoms with Gasteiger partial charge in [0.1, 0.15) is 11.2 Å². The maximum Gasteiger partial charge on any atom is 0.135 e. The van der Waals surface area contributed by atoms with Gasteiger partial charge in [-0.15, -0.1) is 0 Å². The smallest absolute Gasteiger partial charge is 0.135 e. The minimum absolute atomic E-state index is 0.146. The molecule has 1 aliphatic carbocycles. The molecule has 65 heavy (non-hydrogen) atoms. The summed E-state index contributed by atoms with van der Waals surface area (Å²) in [6.45, 7) is 4.73. The summed E-state index contributed by atoms with van der Waals surface area (Å²) in [4.78, 5) is 2.38. The third kappa shape index (κ3) is 6.83. The number of benzene rings is 10. The van der Waals surface area contributed by atoms with Crippen LogP contribution in [0.3, 0.4) is 0 Å². The Bertz CT molecular complexity index is 3510. The molecule has 0 unspecified atom stereocenters. The van der Waals surface area contributed by atoms with E-state index in [4.69, 9.17) is 4.42 Å². The second-order valence-corrected chi connectivity index (χ2v) is 17.7. The van der Waals surface area contributed by atoms with Crippen LogP contribution >= 0.6 is 0 Å². The molecule has 0 atom stereocenters. The number of para-hydroxylation sites is 2. The Morgan fingerprint density at radius 2 is 0.677 bits per heavy atom. The molecule has 1 aromatic heterocycles. The van der Waals surface area contributed by atoms with E-state index in [0.29, 0.717) is 0 Å². The average molecular weight is 832 g/mol. The van der Waals surface area contributed by atoms with Gasteiger partial charge in [-0.1, -0.05) is 190 Å². The lowest BCUT2D eigenvalue weighted by Gasteiger charge is -2.28. The highest BCUT2D eigenvalue weighted by molar-refractivity contribution is 6.06. The largest absolute Gasteiger partial charge is 0.456 e. The van der Waals surface area contributed by atoms with Gasteiger partial charge in [-0.3, -0.25) is 0 Å². The van der Waals surface area contributed by atoms with Gasteiger partial charge in [-0.05, 0) is 139 Å². The molecule has 0 fully saturated rings. The first-order valence-corrected chi connectivity index (χ1v) is 22.5. The molecule has 0 bridgehead atoms. The average Bonchev–Trinajstić information content (AvgIpc) is 3.85. The van der Waals surface area contributed by atoms with E-state index in [1.807, 2.05) is 12.1 Å². The van der Waals surface area contributed by atoms with Crippen molar-refractivity contribution in [1.82, 2.24) is 0 Å². The third-order valence-corrected chi connectivity index (χ3v) is 13.5. The summed E-state index contributed by atoms with van der Waals surface area (Å²) in [7, 11) is 0. The fourth-order valence-corrected chi connectivity index (χ4v) is 9.97. The fourth-order valence-electron chi connectivity index (χ4n) is 9.97. The monoisotopic (exact) mass is 831 g/mol. The minimum atomic E-state index is -0.146. The van der Waals surface area contributed by atoms with Gasteiger partial charge in [0.15, 0.2) is 0 Å². The molecule has 0 saturated heterocycles. The molecule has 0 aliphatic heterocycles. The summed E-state index contributed by atoms with van der Waals surface area (Å²) >= 11 is 0. The first-order chi connectivity index (χ1) is 31.9. The van der Waals surface area contributed by atoms with Crippen LogP contribution in [0.1, 0.15) is 25.0 Å². The molecule has 0 amide bonds. The molecule has 308 valence electrons. The Balaban J connectivity index is 0.772. The van der Waals surface area contributed by atoms with Crippen LogP contribution in [0.4, 0.5) is 17.1 Å². The third-order valence-electron chi connectivity index (χ3n) is 13.5. The summed E-state index contributed by atoms with van der Waals surface area (Å²) in [6, 6.07) is 85.8. The van der Waals surface area contributed by atoms with Crippen molar-refractivity contribution in [3.8, 4) is 66.8 Å². The van der Waals surface area contributed by atoms with E-state index < -0.39 is 0 Å². The zero-order valence-electron chi connectivity index (χ0n) is 36.4. The number of anilines is 3. The Morgan fingerprint density at radius 1 is 0.292 bits per heavy atom. The van der Waals surface area contributed by atoms with Gasteiger partial charge in [-0.25, -0.2) is 0 Å². The van der Waals surface area contributed by atoms with Gasteiger partial charge in [0.2, 0.25) is 0 Å². The van der Waals surface area contributed by atoms with Gasteiger partial charge in [0.05, 0.1) is 0 Å². The van der Waals surface area contributed by atoms with E-state index in [2.05, 4.69) is 243 Å². The number of furan rings is 1. The fraction of sp³-hybridized carbons (Fsp3) is 0.0476. The molecule has 11 aromatic rings. The highest BCUT2D eigenvalue weighted by atomic mass is 16.3. The Morgan fingerprint density at radius 3 is 1.28 bits per heavy atom. The molecule has 0 saturated carbocycles. The van der Waals surface area contributed by atoms with Crippen molar-refractivity contribution in [2.45, 2.75) is 19.3 Å². The topological polar surface area (TPSA) is 16.4 Å². The first kappa shape index (κ1) is 38.5. The van der Waals surface area contributed by atoms with Crippen LogP contribution in [0.2, 0.25) is 0 Å². The van der Waals surface area contributed by atoms with Crippen LogP contribution in [0.25, 0.3) is 88.7 Å². The van der Waals surface area contributed by atoms with E-state index in [9.17, 15) is 0 Å². The van der Waals surface area contributed by atoms with E-state index in [1.54, 1.807) is 0 Å². The molecule has 0 radical (unpaired) electrons. The summed E-state index contributed by atoms with van der Waals surface area (Å²) in [6.07, 6.45) is 0. The highest BCUT2D eigenvalue weighted by Crippen LogP contribution is 2.51. The predicted molar refractivity (Wildman–Crippen MR) is 273 cm³/mol. The van der Waals surface area contributed by atoms with Gasteiger partial charge >= 0.3 is 0 Å². The lowest BCUT2D eigenvalue weighted by atomic mass is 9.81. The molecule has 1 aliphatic rings. The van der Waals surface area contributed by atoms with Crippen LogP contribution in [0.15, 0.2) is 241 Å². The highest BCUT2D eigenvalue weighted by Gasteiger charge is 2.36. The summed E-state index contributed by atoms with van der Waals surface area (Å²) in [5, 5.41) is 2.30. The molecule has 0 N–H and O–H groups in total. The molecule has 10 aromatic carbocycles. The standard InChI is InChI=1S/C63H45NO/c1-63(2)59-40-51(42-11-5-3-6-12-42)31-36-55(59)56-37-35-54(41-60(56)63)64(52-13-7-4-8-14-52)53-33-29-48(30-34-53)47-23-21-44(22-24-47)43-17-19-45(20-18-43)46-25-27-49(28-26-46)50-32-38-62-58(39-50)57-15-9-10-16-61(57)65-62/h3-41H,1-2H3. The van der Waals surface area contributed by atoms with E-state index in [-0.39, 0.29) is 5.41 Å². The number of hydrogen-bond acceptors (Lipinski definition) is 2. The van der Waals surface area contributed by atoms with Crippen molar-refractivity contribution in [3.05, 3.63) is 248 Å². The number of nitrogens with zero attached hydrogens (tertiary/aromatic N) is 1. The minimum Gasteiger partial charge on any atom is -0.456 e. The predicted octanol–water partition coefficient (Wildman–Crippen LogP) is 17.7. The normalized spacial score (nSPS) is 12.6. The zero-order chi connectivity index (χ0) is 43.5. The summed E-state index contributed by atoms with van der Waals surface area (Å²) < 4.78 is 6.05. The van der Waals surface area contributed by atoms with E-state index >= 15 is 0 Å². The van der Waals surface area contributed by atoms with Crippen molar-refractivity contribution in [2.24, 2.45) is 0 Å². The van der Waals surface area contributed by atoms with E-state index in [0.717, 1.165) is 39.0 Å². The Labute approximate surface area is 380 Å². The number of rotatable bonds is 8. The lowest BCUT2D eigenvalue weighted by molar-refractivity contribution is 0.660. The Hall–Kier alpha value is -8.20. The van der Waals surface area contributed by atoms with Crippen molar-refractivity contribution in [2.75, 3.05) is 4.90 Å². The van der Waals surface area contributed by atoms with Crippen LogP contribution in [0, 0.1) is 0 Å². The zero-order valence-corrected chi connectivity index (χ0v) is 36.4. The van der Waals surface area contributed by atoms with E-state index in [1.165, 1.54) is 77.9 Å². The lowest BCUT2D eigenvalue weighted by Crippen LogP contribution is -2.16. The summed E-state index contributed by atoms with van der Waals surface area (Å²) in [5.74, 6) is 0. The van der Waals surface area contributed by atoms with Gasteiger partial charge in [0.25, 0.3) is 0 Å². The first-order valence-electron chi connectivity index (χ1n) is 22.5. The summed E-state index contributed by atoms with van der Waals surface area (Å²) in [5.41, 5.74) is 22.5. The second kappa shape index (κ2) is 15.6. The number of fused-ring (bicyclic) bond motifs is 6. The van der Waals surface area contributed by atoms with Crippen LogP contribution < -0.4 is 4.90 Å². The quantitative estimate of drug-likeness (QED) is 0.152. The van der Waals surface area contributed by atoms with Crippen LogP contribution in [0.5, 0.6) is 0 Å². The van der Waals surface area contributed by atoms with Gasteiger partial charge < -0.3 is 9.32 Å². The number of hydrogen-bond donors (Lipinski definition) is 0. The van der Waals surface area contributed by atoms with Crippen molar-refractivity contribution < 1.29 is 4.42 Å². The maximum atomic E-state index is 6.05. The molecular formula is C63H45NO. The molecule has 1 heterocycles. The molecule has 12 rings (SSSR count). The van der Waals surface area contributed by atoms with Gasteiger partial charge in [-0.2, -0.15) is 0 Å². The van der Waals surface area contributed by atoms with Crippen molar-refractivity contribution in [1.29, 1.82) is 0 Å². The van der Waals surface area contributed by atoms with Crippen molar-refractivity contribution in [3.63, 3.8) is 0 Å². The van der Waals surface area contributed by atoms with Crippen LogP contribution in [-0.2, 0) is 5.41 Å². The SMILES string of the molecule is CC1(C)c2cc(-c3ccccc3)ccc2-c2ccc(N(c3ccccc3)c3ccc(-c4ccc(-c5ccc(-c6ccc(-c7ccc8oc9ccccc9c8c7)cc6)cc5)cc4)cc3)cc21. The van der Waals surface area contributed by atoms with Crippen LogP contribution in [-0.4, -0.2) is 0 Å². The maximum absolute atomic E-state index is 6.05. The second-order valence-electron chi connectivity index (χ2n) is 17.7. The molecule has 2 nitrogen and oxygen atoms in total. The Kier molecular flexibility index (Phi) is 9.21. The molecular weight excluding hydrogens is 787 g/mol. The molecule has 2 heteroatoms. The van der Waals surface area contributed by atoms with Crippen molar-refractivity contribution >= 4 is 39.0 Å². The molecule has 0 spiro atoms.